The number of carboxylic acids is 1. The van der Waals surface area contributed by atoms with E-state index < -0.39 is 11.4 Å². The molecule has 1 amide bonds. The van der Waals surface area contributed by atoms with E-state index in [0.717, 1.165) is 13.1 Å². The van der Waals surface area contributed by atoms with Crippen LogP contribution in [0.4, 0.5) is 0 Å². The molecule has 0 bridgehead atoms. The molecule has 1 aliphatic heterocycles. The molecule has 1 aliphatic rings. The van der Waals surface area contributed by atoms with E-state index in [-0.39, 0.29) is 5.91 Å². The molecule has 0 aromatic rings. The summed E-state index contributed by atoms with van der Waals surface area (Å²) in [6, 6.07) is 0. The average molecular weight is 214 g/mol. The van der Waals surface area contributed by atoms with E-state index in [1.54, 1.807) is 6.92 Å². The van der Waals surface area contributed by atoms with Gasteiger partial charge in [0, 0.05) is 26.6 Å². The summed E-state index contributed by atoms with van der Waals surface area (Å²) in [6.07, 6.45) is 0.683. The number of aliphatic carboxylic acids is 1. The van der Waals surface area contributed by atoms with E-state index in [4.69, 9.17) is 5.11 Å². The Bertz CT molecular complexity index is 267. The molecule has 1 unspecified atom stereocenters. The Morgan fingerprint density at radius 2 is 2.20 bits per heavy atom. The third kappa shape index (κ3) is 3.20. The Hall–Kier alpha value is -1.10. The molecule has 1 saturated heterocycles. The zero-order chi connectivity index (χ0) is 11.5. The fourth-order valence-electron chi connectivity index (χ4n) is 1.81. The second kappa shape index (κ2) is 4.61. The van der Waals surface area contributed by atoms with E-state index in [9.17, 15) is 9.59 Å². The van der Waals surface area contributed by atoms with E-state index in [0.29, 0.717) is 19.5 Å². The zero-order valence-electron chi connectivity index (χ0n) is 9.25. The summed E-state index contributed by atoms with van der Waals surface area (Å²) in [5.41, 5.74) is -0.615. The first kappa shape index (κ1) is 12.0. The molecule has 5 nitrogen and oxygen atoms in total. The number of nitrogens with one attached hydrogen (secondary N) is 1. The summed E-state index contributed by atoms with van der Waals surface area (Å²) in [4.78, 5) is 23.7. The number of hydrogen-bond donors (Lipinski definition) is 2. The summed E-state index contributed by atoms with van der Waals surface area (Å²) in [7, 11) is 0. The first-order valence-electron chi connectivity index (χ1n) is 5.14. The molecular formula is C10H18N2O3. The SMILES string of the molecule is CC(=O)NCCN1CCC(C)(C(=O)O)C1. The van der Waals surface area contributed by atoms with Crippen molar-refractivity contribution in [3.05, 3.63) is 0 Å². The fraction of sp³-hybridized carbons (Fsp3) is 0.800. The number of likely N-dealkylation sites (tertiary alicyclic amines) is 1. The highest BCUT2D eigenvalue weighted by Gasteiger charge is 2.39. The Labute approximate surface area is 89.4 Å². The highest BCUT2D eigenvalue weighted by atomic mass is 16.4. The molecule has 1 rings (SSSR count). The Morgan fingerprint density at radius 3 is 2.67 bits per heavy atom. The Kier molecular flexibility index (Phi) is 3.68. The van der Waals surface area contributed by atoms with E-state index >= 15 is 0 Å². The van der Waals surface area contributed by atoms with Crippen molar-refractivity contribution in [3.63, 3.8) is 0 Å². The number of nitrogens with zero attached hydrogens (tertiary/aromatic N) is 1. The van der Waals surface area contributed by atoms with Gasteiger partial charge < -0.3 is 15.3 Å². The first-order valence-corrected chi connectivity index (χ1v) is 5.14. The van der Waals surface area contributed by atoms with Crippen LogP contribution in [0.15, 0.2) is 0 Å². The predicted octanol–water partition coefficient (Wildman–Crippen LogP) is -0.0809. The number of carbonyl (C=O) groups excluding carboxylic acids is 1. The smallest absolute Gasteiger partial charge is 0.310 e. The van der Waals surface area contributed by atoms with Crippen molar-refractivity contribution in [2.75, 3.05) is 26.2 Å². The molecule has 0 radical (unpaired) electrons. The second-order valence-corrected chi connectivity index (χ2v) is 4.37. The molecule has 15 heavy (non-hydrogen) atoms. The van der Waals surface area contributed by atoms with Gasteiger partial charge in [-0.15, -0.1) is 0 Å². The maximum atomic E-state index is 11.0. The number of amides is 1. The maximum Gasteiger partial charge on any atom is 0.310 e. The van der Waals surface area contributed by atoms with Crippen molar-refractivity contribution < 1.29 is 14.7 Å². The lowest BCUT2D eigenvalue weighted by molar-refractivity contribution is -0.147. The van der Waals surface area contributed by atoms with Gasteiger partial charge in [0.1, 0.15) is 0 Å². The number of rotatable bonds is 4. The van der Waals surface area contributed by atoms with Crippen molar-refractivity contribution >= 4 is 11.9 Å². The van der Waals surface area contributed by atoms with Gasteiger partial charge in [0.2, 0.25) is 5.91 Å². The van der Waals surface area contributed by atoms with Crippen LogP contribution in [0.5, 0.6) is 0 Å². The zero-order valence-corrected chi connectivity index (χ0v) is 9.25. The molecule has 0 spiro atoms. The topological polar surface area (TPSA) is 69.6 Å². The van der Waals surface area contributed by atoms with Crippen molar-refractivity contribution in [2.24, 2.45) is 5.41 Å². The van der Waals surface area contributed by atoms with Gasteiger partial charge in [0.05, 0.1) is 5.41 Å². The number of hydrogen-bond acceptors (Lipinski definition) is 3. The molecule has 1 heterocycles. The Morgan fingerprint density at radius 1 is 1.53 bits per heavy atom. The summed E-state index contributed by atoms with van der Waals surface area (Å²) in [5, 5.41) is 11.7. The maximum absolute atomic E-state index is 11.0. The van der Waals surface area contributed by atoms with E-state index in [1.165, 1.54) is 6.92 Å². The summed E-state index contributed by atoms with van der Waals surface area (Å²) < 4.78 is 0. The van der Waals surface area contributed by atoms with E-state index in [1.807, 2.05) is 0 Å². The van der Waals surface area contributed by atoms with Crippen LogP contribution in [0, 0.1) is 5.41 Å². The molecule has 1 fully saturated rings. The van der Waals surface area contributed by atoms with Crippen molar-refractivity contribution in [1.29, 1.82) is 0 Å². The lowest BCUT2D eigenvalue weighted by atomic mass is 9.90. The summed E-state index contributed by atoms with van der Waals surface area (Å²) >= 11 is 0. The first-order chi connectivity index (χ1) is 6.94. The third-order valence-electron chi connectivity index (χ3n) is 2.87. The average Bonchev–Trinajstić information content (AvgIpc) is 2.48. The lowest BCUT2D eigenvalue weighted by Crippen LogP contribution is -2.36. The minimum Gasteiger partial charge on any atom is -0.481 e. The van der Waals surface area contributed by atoms with Crippen molar-refractivity contribution in [1.82, 2.24) is 10.2 Å². The van der Waals surface area contributed by atoms with Crippen LogP contribution in [-0.2, 0) is 9.59 Å². The molecule has 86 valence electrons. The molecule has 5 heteroatoms. The Balaban J connectivity index is 2.30. The predicted molar refractivity (Wildman–Crippen MR) is 55.5 cm³/mol. The standard InChI is InChI=1S/C10H18N2O3/c1-8(13)11-4-6-12-5-3-10(2,7-12)9(14)15/h3-7H2,1-2H3,(H,11,13)(H,14,15). The fourth-order valence-corrected chi connectivity index (χ4v) is 1.81. The molecule has 1 atom stereocenters. The summed E-state index contributed by atoms with van der Waals surface area (Å²) in [6.45, 7) is 5.93. The normalized spacial score (nSPS) is 26.5. The van der Waals surface area contributed by atoms with Gasteiger partial charge in [-0.05, 0) is 19.9 Å². The van der Waals surface area contributed by atoms with Gasteiger partial charge in [0.25, 0.3) is 0 Å². The highest BCUT2D eigenvalue weighted by Crippen LogP contribution is 2.29. The van der Waals surface area contributed by atoms with Crippen LogP contribution >= 0.6 is 0 Å². The molecule has 0 aliphatic carbocycles. The van der Waals surface area contributed by atoms with Crippen LogP contribution in [0.3, 0.4) is 0 Å². The lowest BCUT2D eigenvalue weighted by Gasteiger charge is -2.19. The van der Waals surface area contributed by atoms with Crippen LogP contribution in [0.2, 0.25) is 0 Å². The van der Waals surface area contributed by atoms with Crippen molar-refractivity contribution in [3.8, 4) is 0 Å². The van der Waals surface area contributed by atoms with Gasteiger partial charge in [-0.2, -0.15) is 0 Å². The van der Waals surface area contributed by atoms with Crippen LogP contribution in [0.25, 0.3) is 0 Å². The largest absolute Gasteiger partial charge is 0.481 e. The van der Waals surface area contributed by atoms with Crippen LogP contribution in [-0.4, -0.2) is 48.1 Å². The van der Waals surface area contributed by atoms with Gasteiger partial charge >= 0.3 is 5.97 Å². The van der Waals surface area contributed by atoms with Crippen LogP contribution in [0.1, 0.15) is 20.3 Å². The van der Waals surface area contributed by atoms with Gasteiger partial charge in [-0.1, -0.05) is 0 Å². The minimum atomic E-state index is -0.732. The van der Waals surface area contributed by atoms with Gasteiger partial charge in [-0.3, -0.25) is 9.59 Å². The van der Waals surface area contributed by atoms with Crippen molar-refractivity contribution in [2.45, 2.75) is 20.3 Å². The second-order valence-electron chi connectivity index (χ2n) is 4.37. The van der Waals surface area contributed by atoms with E-state index in [2.05, 4.69) is 10.2 Å². The quantitative estimate of drug-likeness (QED) is 0.686. The molecule has 0 saturated carbocycles. The van der Waals surface area contributed by atoms with Gasteiger partial charge in [-0.25, -0.2) is 0 Å². The molecule has 0 aromatic heterocycles. The number of carbonyl (C=O) groups is 2. The molecule has 0 aromatic carbocycles. The summed E-state index contributed by atoms with van der Waals surface area (Å²) in [5.74, 6) is -0.778. The molecule has 2 N–H and O–H groups in total. The highest BCUT2D eigenvalue weighted by molar-refractivity contribution is 5.75. The van der Waals surface area contributed by atoms with Gasteiger partial charge in [0.15, 0.2) is 0 Å². The minimum absolute atomic E-state index is 0.0461. The third-order valence-corrected chi connectivity index (χ3v) is 2.87. The molecular weight excluding hydrogens is 196 g/mol. The number of carboxylic acid groups (broad SMARTS) is 1. The monoisotopic (exact) mass is 214 g/mol. The van der Waals surface area contributed by atoms with Crippen LogP contribution < -0.4 is 5.32 Å².